The molecular formula is C17H26N2O2. The molecule has 1 unspecified atom stereocenters. The van der Waals surface area contributed by atoms with E-state index in [0.29, 0.717) is 6.04 Å². The van der Waals surface area contributed by atoms with Crippen LogP contribution in [0.4, 0.5) is 0 Å². The number of morpholine rings is 1. The van der Waals surface area contributed by atoms with Gasteiger partial charge in [-0.05, 0) is 18.1 Å². The molecule has 116 valence electrons. The lowest BCUT2D eigenvalue weighted by atomic mass is 9.97. The average molecular weight is 290 g/mol. The molecule has 2 aliphatic rings. The minimum Gasteiger partial charge on any atom is -0.493 e. The van der Waals surface area contributed by atoms with Crippen LogP contribution < -0.4 is 10.1 Å². The van der Waals surface area contributed by atoms with Gasteiger partial charge in [0, 0.05) is 44.2 Å². The van der Waals surface area contributed by atoms with E-state index in [4.69, 9.17) is 9.47 Å². The molecule has 1 N–H and O–H groups in total. The Bertz CT molecular complexity index is 458. The van der Waals surface area contributed by atoms with Gasteiger partial charge in [-0.3, -0.25) is 4.90 Å². The van der Waals surface area contributed by atoms with Gasteiger partial charge in [0.05, 0.1) is 19.8 Å². The van der Waals surface area contributed by atoms with Crippen molar-refractivity contribution in [1.29, 1.82) is 0 Å². The molecule has 0 saturated carbocycles. The summed E-state index contributed by atoms with van der Waals surface area (Å²) < 4.78 is 11.2. The van der Waals surface area contributed by atoms with Crippen molar-refractivity contribution in [2.24, 2.45) is 0 Å². The predicted molar refractivity (Wildman–Crippen MR) is 83.9 cm³/mol. The molecule has 0 spiro atoms. The third kappa shape index (κ3) is 3.76. The first-order valence-electron chi connectivity index (χ1n) is 8.16. The molecule has 0 aromatic heterocycles. The third-order valence-corrected chi connectivity index (χ3v) is 4.44. The minimum absolute atomic E-state index is 0.432. The van der Waals surface area contributed by atoms with E-state index in [1.165, 1.54) is 11.1 Å². The smallest absolute Gasteiger partial charge is 0.124 e. The fraction of sp³-hybridized carbons (Fsp3) is 0.647. The highest BCUT2D eigenvalue weighted by Gasteiger charge is 2.21. The molecule has 0 amide bonds. The lowest BCUT2D eigenvalue weighted by Gasteiger charge is -2.30. The summed E-state index contributed by atoms with van der Waals surface area (Å²) in [7, 11) is 0. The van der Waals surface area contributed by atoms with Crippen LogP contribution in [0.3, 0.4) is 0 Å². The van der Waals surface area contributed by atoms with Crippen molar-refractivity contribution in [3.05, 3.63) is 29.3 Å². The number of hydrogen-bond acceptors (Lipinski definition) is 4. The van der Waals surface area contributed by atoms with Crippen molar-refractivity contribution in [3.63, 3.8) is 0 Å². The molecule has 2 heterocycles. The Hall–Kier alpha value is -1.10. The van der Waals surface area contributed by atoms with Crippen LogP contribution in [0.25, 0.3) is 0 Å². The molecule has 0 aliphatic carbocycles. The molecule has 4 heteroatoms. The Morgan fingerprint density at radius 3 is 2.90 bits per heavy atom. The van der Waals surface area contributed by atoms with Crippen molar-refractivity contribution in [1.82, 2.24) is 10.2 Å². The van der Waals surface area contributed by atoms with Crippen molar-refractivity contribution in [2.45, 2.75) is 25.8 Å². The van der Waals surface area contributed by atoms with Crippen LogP contribution in [0.2, 0.25) is 0 Å². The first-order chi connectivity index (χ1) is 10.4. The highest BCUT2D eigenvalue weighted by molar-refractivity contribution is 5.40. The Morgan fingerprint density at radius 1 is 1.24 bits per heavy atom. The van der Waals surface area contributed by atoms with Gasteiger partial charge in [0.2, 0.25) is 0 Å². The first-order valence-corrected chi connectivity index (χ1v) is 8.16. The van der Waals surface area contributed by atoms with Gasteiger partial charge in [0.1, 0.15) is 5.75 Å². The largest absolute Gasteiger partial charge is 0.493 e. The second-order valence-electron chi connectivity index (χ2n) is 5.82. The van der Waals surface area contributed by atoms with E-state index in [9.17, 15) is 0 Å². The first kappa shape index (κ1) is 14.8. The van der Waals surface area contributed by atoms with Gasteiger partial charge < -0.3 is 14.8 Å². The molecule has 3 rings (SSSR count). The Labute approximate surface area is 127 Å². The van der Waals surface area contributed by atoms with Crippen LogP contribution in [-0.4, -0.2) is 50.9 Å². The SMILES string of the molecule is CCc1ccc2c(c1)C(NCCN1CCOCC1)CCO2. The number of benzene rings is 1. The van der Waals surface area contributed by atoms with E-state index < -0.39 is 0 Å². The fourth-order valence-corrected chi connectivity index (χ4v) is 3.10. The molecule has 1 fully saturated rings. The van der Waals surface area contributed by atoms with Crippen LogP contribution in [0.15, 0.2) is 18.2 Å². The maximum atomic E-state index is 5.78. The average Bonchev–Trinajstić information content (AvgIpc) is 2.55. The fourth-order valence-electron chi connectivity index (χ4n) is 3.10. The molecule has 0 radical (unpaired) electrons. The summed E-state index contributed by atoms with van der Waals surface area (Å²) in [5.41, 5.74) is 2.72. The van der Waals surface area contributed by atoms with Crippen LogP contribution in [0.1, 0.15) is 30.5 Å². The van der Waals surface area contributed by atoms with E-state index in [1.807, 2.05) is 0 Å². The Kier molecular flexibility index (Phi) is 5.12. The lowest BCUT2D eigenvalue weighted by molar-refractivity contribution is 0.0379. The molecule has 21 heavy (non-hydrogen) atoms. The third-order valence-electron chi connectivity index (χ3n) is 4.44. The molecule has 1 atom stereocenters. The summed E-state index contributed by atoms with van der Waals surface area (Å²) >= 11 is 0. The van der Waals surface area contributed by atoms with Crippen molar-refractivity contribution < 1.29 is 9.47 Å². The monoisotopic (exact) mass is 290 g/mol. The summed E-state index contributed by atoms with van der Waals surface area (Å²) in [6, 6.07) is 7.04. The zero-order valence-corrected chi connectivity index (χ0v) is 12.9. The number of hydrogen-bond donors (Lipinski definition) is 1. The van der Waals surface area contributed by atoms with Crippen molar-refractivity contribution in [2.75, 3.05) is 46.0 Å². The second kappa shape index (κ2) is 7.25. The summed E-state index contributed by atoms with van der Waals surface area (Å²) in [5, 5.41) is 3.71. The summed E-state index contributed by atoms with van der Waals surface area (Å²) in [6.45, 7) is 9.02. The topological polar surface area (TPSA) is 33.7 Å². The number of fused-ring (bicyclic) bond motifs is 1. The van der Waals surface area contributed by atoms with Gasteiger partial charge in [-0.25, -0.2) is 0 Å². The van der Waals surface area contributed by atoms with Gasteiger partial charge >= 0.3 is 0 Å². The molecule has 4 nitrogen and oxygen atoms in total. The summed E-state index contributed by atoms with van der Waals surface area (Å²) in [5.74, 6) is 1.06. The molecule has 1 aromatic carbocycles. The van der Waals surface area contributed by atoms with Crippen molar-refractivity contribution >= 4 is 0 Å². The maximum Gasteiger partial charge on any atom is 0.124 e. The normalized spacial score (nSPS) is 22.6. The summed E-state index contributed by atoms with van der Waals surface area (Å²) in [4.78, 5) is 2.47. The standard InChI is InChI=1S/C17H26N2O2/c1-2-14-3-4-17-15(13-14)16(5-10-21-17)18-6-7-19-8-11-20-12-9-19/h3-4,13,16,18H,2,5-12H2,1H3. The quantitative estimate of drug-likeness (QED) is 0.899. The summed E-state index contributed by atoms with van der Waals surface area (Å²) in [6.07, 6.45) is 2.14. The Morgan fingerprint density at radius 2 is 2.10 bits per heavy atom. The minimum atomic E-state index is 0.432. The second-order valence-corrected chi connectivity index (χ2v) is 5.82. The number of rotatable bonds is 5. The number of aryl methyl sites for hydroxylation is 1. The van der Waals surface area contributed by atoms with Gasteiger partial charge in [-0.1, -0.05) is 19.1 Å². The maximum absolute atomic E-state index is 5.78. The zero-order chi connectivity index (χ0) is 14.5. The van der Waals surface area contributed by atoms with Crippen molar-refractivity contribution in [3.8, 4) is 5.75 Å². The molecular weight excluding hydrogens is 264 g/mol. The molecule has 0 bridgehead atoms. The number of nitrogens with zero attached hydrogens (tertiary/aromatic N) is 1. The van der Waals surface area contributed by atoms with E-state index in [-0.39, 0.29) is 0 Å². The van der Waals surface area contributed by atoms with E-state index in [2.05, 4.69) is 35.3 Å². The van der Waals surface area contributed by atoms with E-state index >= 15 is 0 Å². The number of ether oxygens (including phenoxy) is 2. The predicted octanol–water partition coefficient (Wildman–Crippen LogP) is 1.99. The van der Waals surface area contributed by atoms with Crippen LogP contribution in [0.5, 0.6) is 5.75 Å². The van der Waals surface area contributed by atoms with Gasteiger partial charge in [-0.15, -0.1) is 0 Å². The molecule has 1 aromatic rings. The van der Waals surface area contributed by atoms with Crippen LogP contribution in [-0.2, 0) is 11.2 Å². The zero-order valence-electron chi connectivity index (χ0n) is 12.9. The number of nitrogens with one attached hydrogen (secondary N) is 1. The highest BCUT2D eigenvalue weighted by Crippen LogP contribution is 2.32. The van der Waals surface area contributed by atoms with Crippen LogP contribution in [0, 0.1) is 0 Å². The van der Waals surface area contributed by atoms with Gasteiger partial charge in [0.15, 0.2) is 0 Å². The molecule has 2 aliphatic heterocycles. The highest BCUT2D eigenvalue weighted by atomic mass is 16.5. The van der Waals surface area contributed by atoms with Crippen LogP contribution >= 0.6 is 0 Å². The van der Waals surface area contributed by atoms with Gasteiger partial charge in [0.25, 0.3) is 0 Å². The van der Waals surface area contributed by atoms with E-state index in [1.54, 1.807) is 0 Å². The molecule has 1 saturated heterocycles. The van der Waals surface area contributed by atoms with Gasteiger partial charge in [-0.2, -0.15) is 0 Å². The van der Waals surface area contributed by atoms with E-state index in [0.717, 1.165) is 64.6 Å². The Balaban J connectivity index is 1.56. The lowest BCUT2D eigenvalue weighted by Crippen LogP contribution is -2.41.